The molecule has 0 aliphatic carbocycles. The fourth-order valence-electron chi connectivity index (χ4n) is 3.30. The van der Waals surface area contributed by atoms with Gasteiger partial charge in [0.25, 0.3) is 0 Å². The minimum atomic E-state index is 0.233. The van der Waals surface area contributed by atoms with Crippen LogP contribution in [0.3, 0.4) is 0 Å². The Morgan fingerprint density at radius 3 is 2.59 bits per heavy atom. The van der Waals surface area contributed by atoms with Crippen LogP contribution in [0, 0.1) is 6.92 Å². The molecule has 0 spiro atoms. The van der Waals surface area contributed by atoms with Crippen molar-refractivity contribution in [3.8, 4) is 5.75 Å². The third-order valence-corrected chi connectivity index (χ3v) is 4.70. The molecule has 0 bridgehead atoms. The van der Waals surface area contributed by atoms with Gasteiger partial charge in [-0.15, -0.1) is 0 Å². The first-order chi connectivity index (χ1) is 10.7. The van der Waals surface area contributed by atoms with Crippen LogP contribution in [0.5, 0.6) is 5.75 Å². The van der Waals surface area contributed by atoms with Crippen LogP contribution >= 0.6 is 0 Å². The highest BCUT2D eigenvalue weighted by molar-refractivity contribution is 5.77. The van der Waals surface area contributed by atoms with Crippen LogP contribution in [-0.2, 0) is 4.79 Å². The summed E-state index contributed by atoms with van der Waals surface area (Å²) in [5, 5.41) is 3.40. The third-order valence-electron chi connectivity index (χ3n) is 4.70. The predicted molar refractivity (Wildman–Crippen MR) is 87.1 cm³/mol. The predicted octanol–water partition coefficient (Wildman–Crippen LogP) is 2.51. The molecular weight excluding hydrogens is 276 g/mol. The average molecular weight is 302 g/mol. The van der Waals surface area contributed by atoms with Crippen molar-refractivity contribution in [2.24, 2.45) is 0 Å². The molecule has 4 heteroatoms. The maximum Gasteiger partial charge on any atom is 0.224 e. The second-order valence-electron chi connectivity index (χ2n) is 6.51. The van der Waals surface area contributed by atoms with E-state index in [-0.39, 0.29) is 6.10 Å². The van der Waals surface area contributed by atoms with Crippen LogP contribution in [0.4, 0.5) is 0 Å². The summed E-state index contributed by atoms with van der Waals surface area (Å²) in [6.07, 6.45) is 5.08. The van der Waals surface area contributed by atoms with Crippen LogP contribution in [0.25, 0.3) is 0 Å². The van der Waals surface area contributed by atoms with Crippen LogP contribution in [0.2, 0.25) is 0 Å². The summed E-state index contributed by atoms with van der Waals surface area (Å²) in [7, 11) is 0. The van der Waals surface area contributed by atoms with Gasteiger partial charge in [0.15, 0.2) is 0 Å². The van der Waals surface area contributed by atoms with Crippen molar-refractivity contribution in [1.29, 1.82) is 0 Å². The first-order valence-electron chi connectivity index (χ1n) is 8.45. The van der Waals surface area contributed by atoms with E-state index in [1.807, 2.05) is 17.0 Å². The molecule has 1 N–H and O–H groups in total. The van der Waals surface area contributed by atoms with Crippen LogP contribution in [-0.4, -0.2) is 42.6 Å². The summed E-state index contributed by atoms with van der Waals surface area (Å²) >= 11 is 0. The smallest absolute Gasteiger partial charge is 0.224 e. The van der Waals surface area contributed by atoms with E-state index in [2.05, 4.69) is 24.4 Å². The summed E-state index contributed by atoms with van der Waals surface area (Å²) in [6.45, 7) is 4.78. The van der Waals surface area contributed by atoms with Crippen molar-refractivity contribution in [1.82, 2.24) is 10.2 Å². The third kappa shape index (κ3) is 4.01. The van der Waals surface area contributed by atoms with E-state index in [1.165, 1.54) is 12.0 Å². The Morgan fingerprint density at radius 2 is 1.95 bits per heavy atom. The Morgan fingerprint density at radius 1 is 1.23 bits per heavy atom. The Bertz CT molecular complexity index is 486. The molecule has 2 heterocycles. The molecule has 1 aromatic rings. The molecule has 2 aliphatic heterocycles. The molecule has 2 aliphatic rings. The van der Waals surface area contributed by atoms with E-state index in [0.29, 0.717) is 18.4 Å². The van der Waals surface area contributed by atoms with E-state index in [9.17, 15) is 4.79 Å². The monoisotopic (exact) mass is 302 g/mol. The van der Waals surface area contributed by atoms with E-state index >= 15 is 0 Å². The summed E-state index contributed by atoms with van der Waals surface area (Å²) in [4.78, 5) is 14.3. The standard InChI is InChI=1S/C18H26N2O2/c1-14-4-6-16(7-5-14)22-17-8-11-20(12-9-17)18(21)13-15-3-2-10-19-15/h4-7,15,17,19H,2-3,8-13H2,1H3. The summed E-state index contributed by atoms with van der Waals surface area (Å²) in [5.74, 6) is 1.23. The number of piperidine rings is 1. The molecule has 1 atom stereocenters. The normalized spacial score (nSPS) is 22.8. The van der Waals surface area contributed by atoms with Crippen molar-refractivity contribution < 1.29 is 9.53 Å². The number of hydrogen-bond acceptors (Lipinski definition) is 3. The molecule has 0 aromatic heterocycles. The van der Waals surface area contributed by atoms with Gasteiger partial charge < -0.3 is 15.0 Å². The zero-order valence-electron chi connectivity index (χ0n) is 13.4. The van der Waals surface area contributed by atoms with Crippen molar-refractivity contribution in [2.45, 2.75) is 51.2 Å². The molecule has 1 unspecified atom stereocenters. The number of carbonyl (C=O) groups is 1. The van der Waals surface area contributed by atoms with Gasteiger partial charge in [0.1, 0.15) is 11.9 Å². The molecule has 2 saturated heterocycles. The number of hydrogen-bond donors (Lipinski definition) is 1. The number of carbonyl (C=O) groups excluding carboxylic acids is 1. The topological polar surface area (TPSA) is 41.6 Å². The number of ether oxygens (including phenoxy) is 1. The van der Waals surface area contributed by atoms with Gasteiger partial charge in [-0.2, -0.15) is 0 Å². The van der Waals surface area contributed by atoms with Gasteiger partial charge in [0.05, 0.1) is 0 Å². The second-order valence-corrected chi connectivity index (χ2v) is 6.51. The summed E-state index contributed by atoms with van der Waals surface area (Å²) in [6, 6.07) is 8.59. The lowest BCUT2D eigenvalue weighted by molar-refractivity contribution is -0.133. The molecule has 1 amide bonds. The highest BCUT2D eigenvalue weighted by atomic mass is 16.5. The van der Waals surface area contributed by atoms with Gasteiger partial charge in [-0.05, 0) is 38.4 Å². The summed E-state index contributed by atoms with van der Waals surface area (Å²) < 4.78 is 6.02. The van der Waals surface area contributed by atoms with Crippen molar-refractivity contribution in [2.75, 3.05) is 19.6 Å². The van der Waals surface area contributed by atoms with Gasteiger partial charge in [0, 0.05) is 38.4 Å². The van der Waals surface area contributed by atoms with Crippen molar-refractivity contribution >= 4 is 5.91 Å². The summed E-state index contributed by atoms with van der Waals surface area (Å²) in [5.41, 5.74) is 1.24. The lowest BCUT2D eigenvalue weighted by Gasteiger charge is -2.32. The lowest BCUT2D eigenvalue weighted by atomic mass is 10.1. The number of nitrogens with one attached hydrogen (secondary N) is 1. The maximum atomic E-state index is 12.3. The molecule has 120 valence electrons. The Hall–Kier alpha value is -1.55. The Labute approximate surface area is 132 Å². The van der Waals surface area contributed by atoms with Gasteiger partial charge >= 0.3 is 0 Å². The number of amides is 1. The Balaban J connectivity index is 1.43. The quantitative estimate of drug-likeness (QED) is 0.929. The van der Waals surface area contributed by atoms with Gasteiger partial charge in [0.2, 0.25) is 5.91 Å². The molecular formula is C18H26N2O2. The van der Waals surface area contributed by atoms with Crippen molar-refractivity contribution in [3.63, 3.8) is 0 Å². The van der Waals surface area contributed by atoms with E-state index in [1.54, 1.807) is 0 Å². The fraction of sp³-hybridized carbons (Fsp3) is 0.611. The first-order valence-corrected chi connectivity index (χ1v) is 8.45. The molecule has 0 saturated carbocycles. The SMILES string of the molecule is Cc1ccc(OC2CCN(C(=O)CC3CCCN3)CC2)cc1. The zero-order chi connectivity index (χ0) is 15.4. The zero-order valence-corrected chi connectivity index (χ0v) is 13.4. The molecule has 22 heavy (non-hydrogen) atoms. The number of nitrogens with zero attached hydrogens (tertiary/aromatic N) is 1. The van der Waals surface area contributed by atoms with E-state index in [0.717, 1.165) is 44.6 Å². The molecule has 3 rings (SSSR count). The van der Waals surface area contributed by atoms with Gasteiger partial charge in [-0.3, -0.25) is 4.79 Å². The average Bonchev–Trinajstić information content (AvgIpc) is 3.03. The van der Waals surface area contributed by atoms with Gasteiger partial charge in [-0.1, -0.05) is 17.7 Å². The lowest BCUT2D eigenvalue weighted by Crippen LogP contribution is -2.43. The van der Waals surface area contributed by atoms with E-state index in [4.69, 9.17) is 4.74 Å². The Kier molecular flexibility index (Phi) is 4.98. The number of likely N-dealkylation sites (tertiary alicyclic amines) is 1. The molecule has 4 nitrogen and oxygen atoms in total. The molecule has 2 fully saturated rings. The fourth-order valence-corrected chi connectivity index (χ4v) is 3.30. The largest absolute Gasteiger partial charge is 0.490 e. The van der Waals surface area contributed by atoms with Crippen LogP contribution in [0.1, 0.15) is 37.7 Å². The van der Waals surface area contributed by atoms with E-state index < -0.39 is 0 Å². The van der Waals surface area contributed by atoms with Crippen LogP contribution in [0.15, 0.2) is 24.3 Å². The van der Waals surface area contributed by atoms with Crippen LogP contribution < -0.4 is 10.1 Å². The molecule has 1 aromatic carbocycles. The maximum absolute atomic E-state index is 12.3. The highest BCUT2D eigenvalue weighted by Gasteiger charge is 2.26. The number of rotatable bonds is 4. The highest BCUT2D eigenvalue weighted by Crippen LogP contribution is 2.20. The first kappa shape index (κ1) is 15.3. The van der Waals surface area contributed by atoms with Gasteiger partial charge in [-0.25, -0.2) is 0 Å². The number of benzene rings is 1. The second kappa shape index (κ2) is 7.14. The minimum absolute atomic E-state index is 0.233. The minimum Gasteiger partial charge on any atom is -0.490 e. The van der Waals surface area contributed by atoms with Crippen molar-refractivity contribution in [3.05, 3.63) is 29.8 Å². The molecule has 0 radical (unpaired) electrons. The number of aryl methyl sites for hydroxylation is 1.